The van der Waals surface area contributed by atoms with Gasteiger partial charge < -0.3 is 20.1 Å². The number of para-hydroxylation sites is 2. The predicted octanol–water partition coefficient (Wildman–Crippen LogP) is 4.54. The standard InChI is InChI=1S/C22H28N2O5S/c1-7-28-16-11-9-8-10-15(16)23-17(25)12-29-20(26)18-13(2)14(3)30-19(18)24-21(27)22(4,5)6/h8-11H,7,12H2,1-6H3,(H,23,25)(H,24,27). The highest BCUT2D eigenvalue weighted by Gasteiger charge is 2.27. The summed E-state index contributed by atoms with van der Waals surface area (Å²) in [6.45, 7) is 10.9. The maximum Gasteiger partial charge on any atom is 0.341 e. The zero-order valence-electron chi connectivity index (χ0n) is 18.2. The SMILES string of the molecule is CCOc1ccccc1NC(=O)COC(=O)c1c(NC(=O)C(C)(C)C)sc(C)c1C. The van der Waals surface area contributed by atoms with Crippen LogP contribution in [0.5, 0.6) is 5.75 Å². The van der Waals surface area contributed by atoms with E-state index in [1.54, 1.807) is 52.0 Å². The number of nitrogens with one attached hydrogen (secondary N) is 2. The molecule has 0 radical (unpaired) electrons. The van der Waals surface area contributed by atoms with Crippen molar-refractivity contribution in [3.05, 3.63) is 40.3 Å². The molecule has 0 atom stereocenters. The van der Waals surface area contributed by atoms with E-state index in [-0.39, 0.29) is 11.5 Å². The third kappa shape index (κ3) is 5.82. The van der Waals surface area contributed by atoms with Gasteiger partial charge in [-0.15, -0.1) is 11.3 Å². The van der Waals surface area contributed by atoms with Crippen molar-refractivity contribution >= 4 is 39.8 Å². The number of hydrogen-bond donors (Lipinski definition) is 2. The predicted molar refractivity (Wildman–Crippen MR) is 118 cm³/mol. The fourth-order valence-electron chi connectivity index (χ4n) is 2.49. The third-order valence-corrected chi connectivity index (χ3v) is 5.42. The number of anilines is 2. The van der Waals surface area contributed by atoms with Crippen molar-refractivity contribution in [2.24, 2.45) is 5.41 Å². The molecule has 0 aliphatic rings. The number of rotatable bonds is 7. The van der Waals surface area contributed by atoms with Crippen molar-refractivity contribution < 1.29 is 23.9 Å². The number of thiophene rings is 1. The molecule has 0 bridgehead atoms. The average Bonchev–Trinajstić information content (AvgIpc) is 2.94. The van der Waals surface area contributed by atoms with E-state index in [0.717, 1.165) is 10.4 Å². The second-order valence-electron chi connectivity index (χ2n) is 7.74. The number of benzene rings is 1. The summed E-state index contributed by atoms with van der Waals surface area (Å²) >= 11 is 1.31. The molecule has 0 saturated heterocycles. The molecule has 0 fully saturated rings. The van der Waals surface area contributed by atoms with Crippen molar-refractivity contribution in [1.82, 2.24) is 0 Å². The van der Waals surface area contributed by atoms with E-state index in [1.165, 1.54) is 11.3 Å². The van der Waals surface area contributed by atoms with Crippen molar-refractivity contribution in [2.45, 2.75) is 41.5 Å². The molecule has 30 heavy (non-hydrogen) atoms. The number of carbonyl (C=O) groups excluding carboxylic acids is 3. The molecular weight excluding hydrogens is 404 g/mol. The van der Waals surface area contributed by atoms with Crippen LogP contribution in [0.25, 0.3) is 0 Å². The zero-order chi connectivity index (χ0) is 22.5. The van der Waals surface area contributed by atoms with E-state index >= 15 is 0 Å². The molecule has 1 heterocycles. The van der Waals surface area contributed by atoms with Gasteiger partial charge in [0.25, 0.3) is 5.91 Å². The second-order valence-corrected chi connectivity index (χ2v) is 8.97. The molecule has 0 saturated carbocycles. The molecule has 1 aromatic carbocycles. The van der Waals surface area contributed by atoms with Gasteiger partial charge in [-0.1, -0.05) is 32.9 Å². The molecule has 2 amide bonds. The van der Waals surface area contributed by atoms with Gasteiger partial charge in [0.2, 0.25) is 5.91 Å². The van der Waals surface area contributed by atoms with Crippen LogP contribution < -0.4 is 15.4 Å². The minimum Gasteiger partial charge on any atom is -0.492 e. The van der Waals surface area contributed by atoms with Gasteiger partial charge in [-0.05, 0) is 38.5 Å². The van der Waals surface area contributed by atoms with Gasteiger partial charge in [-0.25, -0.2) is 4.79 Å². The Kier molecular flexibility index (Phi) is 7.61. The van der Waals surface area contributed by atoms with Crippen LogP contribution in [0.4, 0.5) is 10.7 Å². The van der Waals surface area contributed by atoms with Gasteiger partial charge in [-0.3, -0.25) is 9.59 Å². The van der Waals surface area contributed by atoms with Crippen molar-refractivity contribution in [1.29, 1.82) is 0 Å². The lowest BCUT2D eigenvalue weighted by Crippen LogP contribution is -2.28. The van der Waals surface area contributed by atoms with Gasteiger partial charge in [-0.2, -0.15) is 0 Å². The highest BCUT2D eigenvalue weighted by molar-refractivity contribution is 7.16. The first kappa shape index (κ1) is 23.4. The molecule has 8 heteroatoms. The molecule has 0 aliphatic carbocycles. The first-order valence-electron chi connectivity index (χ1n) is 9.64. The first-order valence-corrected chi connectivity index (χ1v) is 10.5. The maximum atomic E-state index is 12.7. The molecular formula is C22H28N2O5S. The number of aryl methyl sites for hydroxylation is 1. The van der Waals surface area contributed by atoms with Crippen LogP contribution >= 0.6 is 11.3 Å². The van der Waals surface area contributed by atoms with Crippen LogP contribution in [0.2, 0.25) is 0 Å². The second kappa shape index (κ2) is 9.75. The van der Waals surface area contributed by atoms with E-state index in [4.69, 9.17) is 9.47 Å². The van der Waals surface area contributed by atoms with Crippen LogP contribution in [0.1, 0.15) is 48.5 Å². The third-order valence-electron chi connectivity index (χ3n) is 4.29. The summed E-state index contributed by atoms with van der Waals surface area (Å²) in [5.41, 5.74) is 0.885. The molecule has 0 spiro atoms. The number of amides is 2. The highest BCUT2D eigenvalue weighted by atomic mass is 32.1. The molecule has 2 rings (SSSR count). The fraction of sp³-hybridized carbons (Fsp3) is 0.409. The van der Waals surface area contributed by atoms with Crippen LogP contribution in [0, 0.1) is 19.3 Å². The van der Waals surface area contributed by atoms with E-state index in [0.29, 0.717) is 23.0 Å². The van der Waals surface area contributed by atoms with Crippen LogP contribution in [0.15, 0.2) is 24.3 Å². The van der Waals surface area contributed by atoms with Gasteiger partial charge in [0, 0.05) is 10.3 Å². The normalized spacial score (nSPS) is 11.0. The Labute approximate surface area is 180 Å². The summed E-state index contributed by atoms with van der Waals surface area (Å²) < 4.78 is 10.7. The molecule has 0 unspecified atom stereocenters. The number of hydrogen-bond acceptors (Lipinski definition) is 6. The van der Waals surface area contributed by atoms with Crippen LogP contribution in [-0.2, 0) is 14.3 Å². The summed E-state index contributed by atoms with van der Waals surface area (Å²) in [5, 5.41) is 5.91. The number of carbonyl (C=O) groups is 3. The van der Waals surface area contributed by atoms with Gasteiger partial charge in [0.05, 0.1) is 17.9 Å². The molecule has 2 N–H and O–H groups in total. The minimum atomic E-state index is -0.658. The van der Waals surface area contributed by atoms with E-state index < -0.39 is 23.9 Å². The van der Waals surface area contributed by atoms with Crippen LogP contribution in [0.3, 0.4) is 0 Å². The molecule has 0 aliphatic heterocycles. The first-order chi connectivity index (χ1) is 14.0. The minimum absolute atomic E-state index is 0.205. The Morgan fingerprint density at radius 2 is 1.73 bits per heavy atom. The molecule has 1 aromatic heterocycles. The lowest BCUT2D eigenvalue weighted by Gasteiger charge is -2.17. The summed E-state index contributed by atoms with van der Waals surface area (Å²) in [5.74, 6) is -0.811. The van der Waals surface area contributed by atoms with E-state index in [9.17, 15) is 14.4 Å². The highest BCUT2D eigenvalue weighted by Crippen LogP contribution is 2.34. The molecule has 162 valence electrons. The monoisotopic (exact) mass is 432 g/mol. The summed E-state index contributed by atoms with van der Waals surface area (Å²) in [4.78, 5) is 38.2. The van der Waals surface area contributed by atoms with Crippen LogP contribution in [-0.4, -0.2) is 31.0 Å². The Balaban J connectivity index is 2.08. The smallest absolute Gasteiger partial charge is 0.341 e. The number of esters is 1. The Morgan fingerprint density at radius 1 is 1.07 bits per heavy atom. The average molecular weight is 433 g/mol. The summed E-state index contributed by atoms with van der Waals surface area (Å²) in [7, 11) is 0. The quantitative estimate of drug-likeness (QED) is 0.627. The maximum absolute atomic E-state index is 12.7. The summed E-state index contributed by atoms with van der Waals surface area (Å²) in [6.07, 6.45) is 0. The van der Waals surface area contributed by atoms with E-state index in [1.807, 2.05) is 13.8 Å². The molecule has 2 aromatic rings. The Morgan fingerprint density at radius 3 is 2.37 bits per heavy atom. The van der Waals surface area contributed by atoms with E-state index in [2.05, 4.69) is 10.6 Å². The fourth-order valence-corrected chi connectivity index (χ4v) is 3.54. The zero-order valence-corrected chi connectivity index (χ0v) is 19.0. The van der Waals surface area contributed by atoms with Gasteiger partial charge in [0.15, 0.2) is 6.61 Å². The van der Waals surface area contributed by atoms with Gasteiger partial charge >= 0.3 is 5.97 Å². The topological polar surface area (TPSA) is 93.7 Å². The Hall–Kier alpha value is -2.87. The van der Waals surface area contributed by atoms with Crippen molar-refractivity contribution in [2.75, 3.05) is 23.8 Å². The van der Waals surface area contributed by atoms with Crippen molar-refractivity contribution in [3.8, 4) is 5.75 Å². The van der Waals surface area contributed by atoms with Crippen molar-refractivity contribution in [3.63, 3.8) is 0 Å². The largest absolute Gasteiger partial charge is 0.492 e. The lowest BCUT2D eigenvalue weighted by atomic mass is 9.96. The molecule has 7 nitrogen and oxygen atoms in total. The lowest BCUT2D eigenvalue weighted by molar-refractivity contribution is -0.123. The summed E-state index contributed by atoms with van der Waals surface area (Å²) in [6, 6.07) is 7.02. The Bertz CT molecular complexity index is 943. The number of ether oxygens (including phenoxy) is 2. The van der Waals surface area contributed by atoms with Gasteiger partial charge in [0.1, 0.15) is 10.8 Å².